The zero-order valence-electron chi connectivity index (χ0n) is 9.50. The first-order chi connectivity index (χ1) is 8.97. The predicted octanol–water partition coefficient (Wildman–Crippen LogP) is 1.65. The van der Waals surface area contributed by atoms with Crippen LogP contribution in [0.25, 0.3) is 0 Å². The minimum absolute atomic E-state index is 0.0441. The number of H-pyrrole nitrogens is 1. The van der Waals surface area contributed by atoms with Crippen molar-refractivity contribution in [2.24, 2.45) is 0 Å². The number of tetrazole rings is 1. The number of hydrogen-bond donors (Lipinski definition) is 2. The van der Waals surface area contributed by atoms with Gasteiger partial charge in [-0.3, -0.25) is 0 Å². The second-order valence-electron chi connectivity index (χ2n) is 3.73. The minimum Gasteiger partial charge on any atom is -0.306 e. The van der Waals surface area contributed by atoms with E-state index >= 15 is 0 Å². The Kier molecular flexibility index (Phi) is 3.74. The van der Waals surface area contributed by atoms with E-state index in [-0.39, 0.29) is 18.7 Å². The molecule has 102 valence electrons. The lowest BCUT2D eigenvalue weighted by atomic mass is 10.1. The number of hydrogen-bond acceptors (Lipinski definition) is 4. The van der Waals surface area contributed by atoms with E-state index in [4.69, 9.17) is 0 Å². The van der Waals surface area contributed by atoms with Crippen LogP contribution < -0.4 is 5.32 Å². The highest BCUT2D eigenvalue weighted by Crippen LogP contribution is 2.32. The van der Waals surface area contributed by atoms with Crippen LogP contribution in [-0.2, 0) is 19.3 Å². The average Bonchev–Trinajstić information content (AvgIpc) is 2.83. The quantitative estimate of drug-likeness (QED) is 0.833. The van der Waals surface area contributed by atoms with Gasteiger partial charge in [0.2, 0.25) is 0 Å². The highest BCUT2D eigenvalue weighted by Gasteiger charge is 2.33. The summed E-state index contributed by atoms with van der Waals surface area (Å²) >= 11 is 0. The SMILES string of the molecule is Fc1ccc(CNCc2nn[nH]n2)c(C(F)(F)F)c1. The highest BCUT2D eigenvalue weighted by molar-refractivity contribution is 5.30. The van der Waals surface area contributed by atoms with E-state index in [0.29, 0.717) is 11.9 Å². The smallest absolute Gasteiger partial charge is 0.306 e. The molecule has 1 heterocycles. The number of alkyl halides is 3. The third-order valence-corrected chi connectivity index (χ3v) is 2.37. The maximum absolute atomic E-state index is 12.9. The first-order valence-electron chi connectivity index (χ1n) is 5.25. The first-order valence-corrected chi connectivity index (χ1v) is 5.25. The van der Waals surface area contributed by atoms with Crippen LogP contribution in [0.5, 0.6) is 0 Å². The molecule has 0 atom stereocenters. The number of rotatable bonds is 4. The normalized spacial score (nSPS) is 11.8. The molecule has 0 bridgehead atoms. The van der Waals surface area contributed by atoms with Crippen molar-refractivity contribution in [1.82, 2.24) is 25.9 Å². The maximum atomic E-state index is 12.9. The summed E-state index contributed by atoms with van der Waals surface area (Å²) in [5, 5.41) is 15.5. The number of aromatic nitrogens is 4. The van der Waals surface area contributed by atoms with Gasteiger partial charge in [-0.15, -0.1) is 10.2 Å². The second kappa shape index (κ2) is 5.31. The zero-order chi connectivity index (χ0) is 13.9. The van der Waals surface area contributed by atoms with E-state index in [1.807, 2.05) is 0 Å². The van der Waals surface area contributed by atoms with Crippen LogP contribution in [0.2, 0.25) is 0 Å². The molecular formula is C10H9F4N5. The molecular weight excluding hydrogens is 266 g/mol. The molecule has 1 aromatic heterocycles. The molecule has 0 unspecified atom stereocenters. The van der Waals surface area contributed by atoms with Crippen molar-refractivity contribution in [3.63, 3.8) is 0 Å². The molecule has 0 saturated carbocycles. The fraction of sp³-hybridized carbons (Fsp3) is 0.300. The Morgan fingerprint density at radius 1 is 1.21 bits per heavy atom. The van der Waals surface area contributed by atoms with E-state index in [0.717, 1.165) is 12.1 Å². The monoisotopic (exact) mass is 275 g/mol. The van der Waals surface area contributed by atoms with Crippen LogP contribution in [-0.4, -0.2) is 20.6 Å². The van der Waals surface area contributed by atoms with E-state index in [9.17, 15) is 17.6 Å². The molecule has 5 nitrogen and oxygen atoms in total. The molecule has 0 saturated heterocycles. The molecule has 2 rings (SSSR count). The molecule has 0 aliphatic rings. The van der Waals surface area contributed by atoms with Crippen molar-refractivity contribution in [3.05, 3.63) is 41.0 Å². The summed E-state index contributed by atoms with van der Waals surface area (Å²) in [6.07, 6.45) is -4.59. The Labute approximate surface area is 105 Å². The number of benzene rings is 1. The van der Waals surface area contributed by atoms with Crippen LogP contribution in [0.3, 0.4) is 0 Å². The molecule has 0 aliphatic heterocycles. The van der Waals surface area contributed by atoms with Crippen LogP contribution in [0.4, 0.5) is 17.6 Å². The van der Waals surface area contributed by atoms with Crippen molar-refractivity contribution in [1.29, 1.82) is 0 Å². The standard InChI is InChI=1S/C10H9F4N5/c11-7-2-1-6(8(3-7)10(12,13)14)4-15-5-9-16-18-19-17-9/h1-3,15H,4-5H2,(H,16,17,18,19). The van der Waals surface area contributed by atoms with Gasteiger partial charge in [-0.1, -0.05) is 11.3 Å². The summed E-state index contributed by atoms with van der Waals surface area (Å²) in [5.74, 6) is -0.593. The van der Waals surface area contributed by atoms with Gasteiger partial charge in [-0.05, 0) is 17.7 Å². The fourth-order valence-electron chi connectivity index (χ4n) is 1.53. The zero-order valence-corrected chi connectivity index (χ0v) is 9.50. The summed E-state index contributed by atoms with van der Waals surface area (Å²) in [6, 6.07) is 2.56. The summed E-state index contributed by atoms with van der Waals surface area (Å²) in [5.41, 5.74) is -1.04. The molecule has 0 spiro atoms. The van der Waals surface area contributed by atoms with E-state index in [1.54, 1.807) is 0 Å². The highest BCUT2D eigenvalue weighted by atomic mass is 19.4. The first kappa shape index (κ1) is 13.4. The van der Waals surface area contributed by atoms with Gasteiger partial charge >= 0.3 is 6.18 Å². The van der Waals surface area contributed by atoms with Crippen molar-refractivity contribution < 1.29 is 17.6 Å². The van der Waals surface area contributed by atoms with Crippen LogP contribution in [0.1, 0.15) is 17.0 Å². The van der Waals surface area contributed by atoms with Gasteiger partial charge in [0.05, 0.1) is 12.1 Å². The Morgan fingerprint density at radius 3 is 2.63 bits per heavy atom. The molecule has 2 N–H and O–H groups in total. The van der Waals surface area contributed by atoms with E-state index in [1.165, 1.54) is 0 Å². The lowest BCUT2D eigenvalue weighted by molar-refractivity contribution is -0.138. The Bertz CT molecular complexity index is 537. The number of aromatic amines is 1. The van der Waals surface area contributed by atoms with Gasteiger partial charge in [0.1, 0.15) is 5.82 Å². The summed E-state index contributed by atoms with van der Waals surface area (Å²) in [4.78, 5) is 0. The summed E-state index contributed by atoms with van der Waals surface area (Å²) in [6.45, 7) is 0.0782. The van der Waals surface area contributed by atoms with Crippen LogP contribution in [0.15, 0.2) is 18.2 Å². The van der Waals surface area contributed by atoms with Crippen molar-refractivity contribution in [2.45, 2.75) is 19.3 Å². The third-order valence-electron chi connectivity index (χ3n) is 2.37. The van der Waals surface area contributed by atoms with Gasteiger partial charge in [-0.25, -0.2) is 4.39 Å². The van der Waals surface area contributed by atoms with Gasteiger partial charge < -0.3 is 5.32 Å². The molecule has 0 fully saturated rings. The third kappa shape index (κ3) is 3.47. The molecule has 0 amide bonds. The molecule has 0 radical (unpaired) electrons. The van der Waals surface area contributed by atoms with E-state index < -0.39 is 17.6 Å². The van der Waals surface area contributed by atoms with Crippen LogP contribution >= 0.6 is 0 Å². The van der Waals surface area contributed by atoms with Crippen molar-refractivity contribution in [3.8, 4) is 0 Å². The average molecular weight is 275 g/mol. The number of halogens is 4. The fourth-order valence-corrected chi connectivity index (χ4v) is 1.53. The molecule has 1 aromatic carbocycles. The summed E-state index contributed by atoms with van der Waals surface area (Å²) in [7, 11) is 0. The number of nitrogens with zero attached hydrogens (tertiary/aromatic N) is 3. The number of nitrogens with one attached hydrogen (secondary N) is 2. The van der Waals surface area contributed by atoms with E-state index in [2.05, 4.69) is 25.9 Å². The minimum atomic E-state index is -4.59. The maximum Gasteiger partial charge on any atom is 0.416 e. The van der Waals surface area contributed by atoms with Crippen molar-refractivity contribution >= 4 is 0 Å². The topological polar surface area (TPSA) is 66.5 Å². The lowest BCUT2D eigenvalue weighted by Crippen LogP contribution is -2.18. The molecule has 19 heavy (non-hydrogen) atoms. The molecule has 9 heteroatoms. The second-order valence-corrected chi connectivity index (χ2v) is 3.73. The largest absolute Gasteiger partial charge is 0.416 e. The Morgan fingerprint density at radius 2 is 2.00 bits per heavy atom. The predicted molar refractivity (Wildman–Crippen MR) is 56.1 cm³/mol. The summed E-state index contributed by atoms with van der Waals surface area (Å²) < 4.78 is 51.0. The Balaban J connectivity index is 2.07. The van der Waals surface area contributed by atoms with Crippen LogP contribution in [0, 0.1) is 5.82 Å². The molecule has 2 aromatic rings. The van der Waals surface area contributed by atoms with Gasteiger partial charge in [0.25, 0.3) is 0 Å². The lowest BCUT2D eigenvalue weighted by Gasteiger charge is -2.13. The Hall–Kier alpha value is -2.03. The van der Waals surface area contributed by atoms with Crippen molar-refractivity contribution in [2.75, 3.05) is 0 Å². The van der Waals surface area contributed by atoms with Gasteiger partial charge in [0, 0.05) is 6.54 Å². The molecule has 0 aliphatic carbocycles. The van der Waals surface area contributed by atoms with Gasteiger partial charge in [-0.2, -0.15) is 18.4 Å². The van der Waals surface area contributed by atoms with Gasteiger partial charge in [0.15, 0.2) is 5.82 Å².